The van der Waals surface area contributed by atoms with E-state index in [2.05, 4.69) is 5.32 Å². The molecule has 0 saturated carbocycles. The first kappa shape index (κ1) is 20.7. The van der Waals surface area contributed by atoms with Gasteiger partial charge in [0, 0.05) is 12.2 Å². The molecule has 0 aromatic heterocycles. The van der Waals surface area contributed by atoms with E-state index in [1.807, 2.05) is 24.3 Å². The fraction of sp³-hybridized carbons (Fsp3) is 0.304. The molecule has 0 radical (unpaired) electrons. The lowest BCUT2D eigenvalue weighted by molar-refractivity contribution is -0.145. The van der Waals surface area contributed by atoms with Crippen molar-refractivity contribution < 1.29 is 27.9 Å². The number of hydrogen-bond acceptors (Lipinski definition) is 5. The van der Waals surface area contributed by atoms with E-state index in [0.717, 1.165) is 18.4 Å². The highest BCUT2D eigenvalue weighted by molar-refractivity contribution is 7.92. The summed E-state index contributed by atoms with van der Waals surface area (Å²) < 4.78 is 33.5. The first-order valence-corrected chi connectivity index (χ1v) is 11.9. The van der Waals surface area contributed by atoms with Crippen LogP contribution in [0.5, 0.6) is 0 Å². The van der Waals surface area contributed by atoms with Gasteiger partial charge in [-0.2, -0.15) is 0 Å². The second-order valence-electron chi connectivity index (χ2n) is 8.16. The van der Waals surface area contributed by atoms with E-state index in [9.17, 15) is 23.1 Å². The number of ether oxygens (including phenoxy) is 1. The summed E-state index contributed by atoms with van der Waals surface area (Å²) >= 11 is 0. The summed E-state index contributed by atoms with van der Waals surface area (Å²) in [5.41, 5.74) is 2.09. The van der Waals surface area contributed by atoms with Crippen LogP contribution in [-0.2, 0) is 30.8 Å². The Morgan fingerprint density at radius 1 is 1.00 bits per heavy atom. The summed E-state index contributed by atoms with van der Waals surface area (Å²) in [6, 6.07) is 13.4. The zero-order chi connectivity index (χ0) is 22.5. The highest BCUT2D eigenvalue weighted by Gasteiger charge is 2.53. The largest absolute Gasteiger partial charge is 0.481 e. The lowest BCUT2D eigenvalue weighted by Crippen LogP contribution is -2.39. The summed E-state index contributed by atoms with van der Waals surface area (Å²) in [7, 11) is -3.75. The van der Waals surface area contributed by atoms with Crippen molar-refractivity contribution in [2.45, 2.75) is 29.9 Å². The summed E-state index contributed by atoms with van der Waals surface area (Å²) in [6.07, 6.45) is 3.79. The van der Waals surface area contributed by atoms with Crippen molar-refractivity contribution in [3.05, 3.63) is 66.2 Å². The minimum atomic E-state index is -3.75. The standard InChI is InChI=1S/C23H22N2O6S/c26-22(20-18-11-12-19(31-18)21(20)23(27)28)24-15-7-9-16(10-8-15)32(29,30)25-13-3-5-14-4-1-2-6-17(14)25/h1-2,4,6-12,18-21H,3,5,13H2,(H,24,26)(H,27,28)/t18-,19-,20+,21-/m1/s1. The fourth-order valence-corrected chi connectivity index (χ4v) is 6.27. The number of carbonyl (C=O) groups excluding carboxylic acids is 1. The summed E-state index contributed by atoms with van der Waals surface area (Å²) in [5.74, 6) is -3.32. The number of hydrogen-bond donors (Lipinski definition) is 2. The first-order valence-electron chi connectivity index (χ1n) is 10.4. The Balaban J connectivity index is 1.34. The molecular formula is C23H22N2O6S. The third-order valence-corrected chi connectivity index (χ3v) is 8.09. The maximum Gasteiger partial charge on any atom is 0.310 e. The van der Waals surface area contributed by atoms with E-state index in [4.69, 9.17) is 4.74 Å². The molecule has 3 aliphatic rings. The number of nitrogens with one attached hydrogen (secondary N) is 1. The van der Waals surface area contributed by atoms with E-state index in [1.54, 1.807) is 12.2 Å². The number of rotatable bonds is 5. The van der Waals surface area contributed by atoms with Gasteiger partial charge in [-0.05, 0) is 48.7 Å². The van der Waals surface area contributed by atoms with Crippen LogP contribution in [0.3, 0.4) is 0 Å². The molecule has 3 aliphatic heterocycles. The Hall–Kier alpha value is -3.17. The van der Waals surface area contributed by atoms with Crippen LogP contribution >= 0.6 is 0 Å². The Bertz CT molecular complexity index is 1210. The normalized spacial score (nSPS) is 26.1. The Kier molecular flexibility index (Phi) is 5.02. The number of carbonyl (C=O) groups is 2. The Labute approximate surface area is 185 Å². The van der Waals surface area contributed by atoms with Crippen LogP contribution in [0.4, 0.5) is 11.4 Å². The first-order chi connectivity index (χ1) is 15.4. The van der Waals surface area contributed by atoms with Gasteiger partial charge >= 0.3 is 5.97 Å². The van der Waals surface area contributed by atoms with Gasteiger partial charge in [0.2, 0.25) is 5.91 Å². The number of carboxylic acid groups (broad SMARTS) is 1. The average molecular weight is 455 g/mol. The topological polar surface area (TPSA) is 113 Å². The number of carboxylic acids is 1. The molecular weight excluding hydrogens is 432 g/mol. The van der Waals surface area contributed by atoms with Crippen molar-refractivity contribution in [1.82, 2.24) is 0 Å². The SMILES string of the molecule is O=C(Nc1ccc(S(=O)(=O)N2CCCc3ccccc32)cc1)[C@@H]1[C@H](C(=O)O)[C@H]2C=C[C@H]1O2. The number of sulfonamides is 1. The molecule has 2 bridgehead atoms. The molecule has 5 rings (SSSR count). The zero-order valence-corrected chi connectivity index (χ0v) is 17.9. The van der Waals surface area contributed by atoms with E-state index < -0.39 is 45.9 Å². The summed E-state index contributed by atoms with van der Waals surface area (Å²) in [5, 5.41) is 12.2. The van der Waals surface area contributed by atoms with Crippen molar-refractivity contribution in [3.63, 3.8) is 0 Å². The quantitative estimate of drug-likeness (QED) is 0.671. The Morgan fingerprint density at radius 3 is 2.41 bits per heavy atom. The van der Waals surface area contributed by atoms with Crippen molar-refractivity contribution in [2.24, 2.45) is 11.8 Å². The molecule has 1 fully saturated rings. The number of amides is 1. The third kappa shape index (κ3) is 3.37. The van der Waals surface area contributed by atoms with Crippen molar-refractivity contribution in [2.75, 3.05) is 16.2 Å². The number of benzene rings is 2. The van der Waals surface area contributed by atoms with E-state index >= 15 is 0 Å². The number of nitrogens with zero attached hydrogens (tertiary/aromatic N) is 1. The number of anilines is 2. The highest BCUT2D eigenvalue weighted by Crippen LogP contribution is 2.40. The number of para-hydroxylation sites is 1. The molecule has 0 spiro atoms. The van der Waals surface area contributed by atoms with E-state index in [-0.39, 0.29) is 4.90 Å². The molecule has 8 nitrogen and oxygen atoms in total. The third-order valence-electron chi connectivity index (χ3n) is 6.26. The molecule has 2 aromatic carbocycles. The zero-order valence-electron chi connectivity index (χ0n) is 17.0. The maximum absolute atomic E-state index is 13.2. The molecule has 0 unspecified atom stereocenters. The van der Waals surface area contributed by atoms with Gasteiger partial charge in [0.1, 0.15) is 5.92 Å². The molecule has 0 aliphatic carbocycles. The monoisotopic (exact) mass is 454 g/mol. The van der Waals surface area contributed by atoms with Gasteiger partial charge in [0.05, 0.1) is 28.7 Å². The summed E-state index contributed by atoms with van der Waals surface area (Å²) in [4.78, 5) is 24.5. The van der Waals surface area contributed by atoms with Crippen LogP contribution < -0.4 is 9.62 Å². The van der Waals surface area contributed by atoms with Gasteiger partial charge in [0.25, 0.3) is 10.0 Å². The second kappa shape index (κ2) is 7.75. The maximum atomic E-state index is 13.2. The minimum absolute atomic E-state index is 0.127. The molecule has 32 heavy (non-hydrogen) atoms. The van der Waals surface area contributed by atoms with Crippen LogP contribution in [-0.4, -0.2) is 44.2 Å². The predicted molar refractivity (Wildman–Crippen MR) is 117 cm³/mol. The van der Waals surface area contributed by atoms with Crippen molar-refractivity contribution >= 4 is 33.3 Å². The van der Waals surface area contributed by atoms with E-state index in [0.29, 0.717) is 17.9 Å². The van der Waals surface area contributed by atoms with Gasteiger partial charge in [-0.15, -0.1) is 0 Å². The highest BCUT2D eigenvalue weighted by atomic mass is 32.2. The molecule has 2 N–H and O–H groups in total. The number of aliphatic carboxylic acids is 1. The molecule has 1 saturated heterocycles. The lowest BCUT2D eigenvalue weighted by atomic mass is 9.82. The van der Waals surface area contributed by atoms with Gasteiger partial charge in [0.15, 0.2) is 0 Å². The van der Waals surface area contributed by atoms with E-state index in [1.165, 1.54) is 28.6 Å². The Morgan fingerprint density at radius 2 is 1.69 bits per heavy atom. The van der Waals surface area contributed by atoms with Crippen LogP contribution in [0, 0.1) is 11.8 Å². The predicted octanol–water partition coefficient (Wildman–Crippen LogP) is 2.42. The molecule has 166 valence electrons. The van der Waals surface area contributed by atoms with Crippen LogP contribution in [0.15, 0.2) is 65.6 Å². The minimum Gasteiger partial charge on any atom is -0.481 e. The average Bonchev–Trinajstić information content (AvgIpc) is 3.41. The molecule has 9 heteroatoms. The van der Waals surface area contributed by atoms with Crippen molar-refractivity contribution in [3.8, 4) is 0 Å². The van der Waals surface area contributed by atoms with Crippen LogP contribution in [0.25, 0.3) is 0 Å². The van der Waals surface area contributed by atoms with Crippen molar-refractivity contribution in [1.29, 1.82) is 0 Å². The number of aryl methyl sites for hydroxylation is 1. The van der Waals surface area contributed by atoms with Gasteiger partial charge in [-0.1, -0.05) is 30.4 Å². The molecule has 3 heterocycles. The summed E-state index contributed by atoms with van der Waals surface area (Å²) in [6.45, 7) is 0.409. The van der Waals surface area contributed by atoms with Gasteiger partial charge < -0.3 is 15.2 Å². The fourth-order valence-electron chi connectivity index (χ4n) is 4.73. The second-order valence-corrected chi connectivity index (χ2v) is 10.0. The van der Waals surface area contributed by atoms with Gasteiger partial charge in [-0.3, -0.25) is 13.9 Å². The van der Waals surface area contributed by atoms with Crippen LogP contribution in [0.1, 0.15) is 12.0 Å². The molecule has 4 atom stereocenters. The smallest absolute Gasteiger partial charge is 0.310 e. The molecule has 1 amide bonds. The lowest BCUT2D eigenvalue weighted by Gasteiger charge is -2.30. The van der Waals surface area contributed by atoms with Gasteiger partial charge in [-0.25, -0.2) is 8.42 Å². The van der Waals surface area contributed by atoms with Crippen LogP contribution in [0.2, 0.25) is 0 Å². The number of fused-ring (bicyclic) bond motifs is 3. The molecule has 2 aromatic rings.